The highest BCUT2D eigenvalue weighted by Crippen LogP contribution is 2.29. The molecule has 27 heavy (non-hydrogen) atoms. The van der Waals surface area contributed by atoms with Crippen molar-refractivity contribution in [2.24, 2.45) is 11.8 Å². The van der Waals surface area contributed by atoms with Crippen molar-refractivity contribution in [3.63, 3.8) is 0 Å². The summed E-state index contributed by atoms with van der Waals surface area (Å²) in [6, 6.07) is 14.1. The fourth-order valence-corrected chi connectivity index (χ4v) is 3.22. The Hall–Kier alpha value is -2.79. The average molecular weight is 385 g/mol. The van der Waals surface area contributed by atoms with Crippen LogP contribution in [0.2, 0.25) is 5.02 Å². The number of carbonyl (C=O) groups is 2. The van der Waals surface area contributed by atoms with Crippen LogP contribution in [0.25, 0.3) is 0 Å². The fraction of sp³-hybridized carbons (Fsp3) is 0.238. The van der Waals surface area contributed by atoms with Crippen LogP contribution in [0.4, 0.5) is 11.4 Å². The number of hydrogen-bond acceptors (Lipinski definition) is 3. The summed E-state index contributed by atoms with van der Waals surface area (Å²) in [5.74, 6) is -0.561. The van der Waals surface area contributed by atoms with Crippen LogP contribution in [-0.4, -0.2) is 18.9 Å². The van der Waals surface area contributed by atoms with Crippen LogP contribution in [0.5, 0.6) is 5.75 Å². The number of halogens is 1. The smallest absolute Gasteiger partial charge is 0.228 e. The van der Waals surface area contributed by atoms with Crippen LogP contribution >= 0.6 is 11.6 Å². The minimum absolute atomic E-state index is 0.174. The van der Waals surface area contributed by atoms with Gasteiger partial charge in [0.15, 0.2) is 0 Å². The lowest BCUT2D eigenvalue weighted by Gasteiger charge is -2.26. The van der Waals surface area contributed by atoms with Crippen LogP contribution in [-0.2, 0) is 9.59 Å². The molecule has 2 aromatic carbocycles. The average Bonchev–Trinajstić information content (AvgIpc) is 2.69. The van der Waals surface area contributed by atoms with Gasteiger partial charge in [-0.2, -0.15) is 0 Å². The summed E-state index contributed by atoms with van der Waals surface area (Å²) in [5, 5.41) is 6.37. The molecule has 2 aromatic rings. The monoisotopic (exact) mass is 384 g/mol. The van der Waals surface area contributed by atoms with Crippen molar-refractivity contribution in [2.45, 2.75) is 12.8 Å². The molecule has 0 heterocycles. The van der Waals surface area contributed by atoms with E-state index in [4.69, 9.17) is 16.3 Å². The second-order valence-electron chi connectivity index (χ2n) is 6.37. The maximum atomic E-state index is 12.8. The van der Waals surface area contributed by atoms with Crippen molar-refractivity contribution in [2.75, 3.05) is 17.7 Å². The van der Waals surface area contributed by atoms with E-state index < -0.39 is 11.8 Å². The van der Waals surface area contributed by atoms with E-state index >= 15 is 0 Å². The van der Waals surface area contributed by atoms with E-state index in [-0.39, 0.29) is 11.8 Å². The molecule has 2 atom stereocenters. The zero-order valence-corrected chi connectivity index (χ0v) is 15.7. The summed E-state index contributed by atoms with van der Waals surface area (Å²) in [4.78, 5) is 25.5. The molecule has 0 aromatic heterocycles. The van der Waals surface area contributed by atoms with Crippen molar-refractivity contribution in [3.05, 3.63) is 65.7 Å². The van der Waals surface area contributed by atoms with Crippen molar-refractivity contribution in [1.82, 2.24) is 0 Å². The Labute approximate surface area is 163 Å². The number of anilines is 2. The molecule has 3 rings (SSSR count). The van der Waals surface area contributed by atoms with Crippen LogP contribution in [0.3, 0.4) is 0 Å². The molecule has 0 saturated carbocycles. The van der Waals surface area contributed by atoms with Gasteiger partial charge < -0.3 is 15.4 Å². The number of benzene rings is 2. The van der Waals surface area contributed by atoms with Gasteiger partial charge >= 0.3 is 0 Å². The molecular formula is C21H21ClN2O3. The van der Waals surface area contributed by atoms with Gasteiger partial charge in [0.2, 0.25) is 11.8 Å². The molecule has 2 amide bonds. The van der Waals surface area contributed by atoms with Gasteiger partial charge in [0.25, 0.3) is 0 Å². The van der Waals surface area contributed by atoms with E-state index in [0.717, 1.165) is 0 Å². The van der Waals surface area contributed by atoms with Crippen LogP contribution in [0, 0.1) is 11.8 Å². The molecule has 0 unspecified atom stereocenters. The molecular weight excluding hydrogens is 364 g/mol. The molecule has 0 bridgehead atoms. The second kappa shape index (κ2) is 8.73. The molecule has 0 fully saturated rings. The van der Waals surface area contributed by atoms with Crippen LogP contribution < -0.4 is 15.4 Å². The van der Waals surface area contributed by atoms with E-state index in [1.165, 1.54) is 0 Å². The van der Waals surface area contributed by atoms with Gasteiger partial charge in [-0.1, -0.05) is 29.8 Å². The number of allylic oxidation sites excluding steroid dienone is 2. The Kier molecular flexibility index (Phi) is 6.14. The molecule has 1 aliphatic rings. The first-order valence-electron chi connectivity index (χ1n) is 8.73. The number of methoxy groups -OCH3 is 1. The summed E-state index contributed by atoms with van der Waals surface area (Å²) in [7, 11) is 1.57. The number of carbonyl (C=O) groups excluding carboxylic acids is 2. The summed E-state index contributed by atoms with van der Waals surface area (Å²) < 4.78 is 5.18. The van der Waals surface area contributed by atoms with Gasteiger partial charge in [-0.15, -0.1) is 0 Å². The first-order chi connectivity index (χ1) is 13.1. The maximum Gasteiger partial charge on any atom is 0.228 e. The van der Waals surface area contributed by atoms with E-state index in [0.29, 0.717) is 35.0 Å². The van der Waals surface area contributed by atoms with E-state index in [1.807, 2.05) is 12.2 Å². The third kappa shape index (κ3) is 4.89. The predicted molar refractivity (Wildman–Crippen MR) is 107 cm³/mol. The molecule has 140 valence electrons. The van der Waals surface area contributed by atoms with Gasteiger partial charge in [0.05, 0.1) is 18.9 Å². The Morgan fingerprint density at radius 1 is 0.926 bits per heavy atom. The molecule has 6 heteroatoms. The summed E-state index contributed by atoms with van der Waals surface area (Å²) in [6.45, 7) is 0. The Morgan fingerprint density at radius 2 is 1.52 bits per heavy atom. The topological polar surface area (TPSA) is 67.4 Å². The highest BCUT2D eigenvalue weighted by molar-refractivity contribution is 6.30. The lowest BCUT2D eigenvalue weighted by Crippen LogP contribution is -2.37. The lowest BCUT2D eigenvalue weighted by molar-refractivity contribution is -0.129. The SMILES string of the molecule is COc1cccc(NC(=O)[C@H]2CC=CC[C@@H]2C(=O)Nc2ccc(Cl)cc2)c1. The quantitative estimate of drug-likeness (QED) is 0.745. The van der Waals surface area contributed by atoms with Crippen molar-refractivity contribution in [1.29, 1.82) is 0 Å². The van der Waals surface area contributed by atoms with Crippen molar-refractivity contribution >= 4 is 34.8 Å². The molecule has 1 aliphatic carbocycles. The normalized spacial score (nSPS) is 18.6. The largest absolute Gasteiger partial charge is 0.497 e. The standard InChI is InChI=1S/C21H21ClN2O3/c1-27-17-6-4-5-16(13-17)24-21(26)19-8-3-2-7-18(19)20(25)23-15-11-9-14(22)10-12-15/h2-6,9-13,18-19H,7-8H2,1H3,(H,23,25)(H,24,26)/t18-,19-/m0/s1. The van der Waals surface area contributed by atoms with Gasteiger partial charge in [-0.25, -0.2) is 0 Å². The number of rotatable bonds is 5. The number of amides is 2. The highest BCUT2D eigenvalue weighted by atomic mass is 35.5. The van der Waals surface area contributed by atoms with E-state index in [9.17, 15) is 9.59 Å². The molecule has 0 saturated heterocycles. The fourth-order valence-electron chi connectivity index (χ4n) is 3.10. The first-order valence-corrected chi connectivity index (χ1v) is 9.11. The van der Waals surface area contributed by atoms with Crippen LogP contribution in [0.1, 0.15) is 12.8 Å². The van der Waals surface area contributed by atoms with Gasteiger partial charge in [0, 0.05) is 22.5 Å². The molecule has 0 radical (unpaired) electrons. The molecule has 0 aliphatic heterocycles. The van der Waals surface area contributed by atoms with E-state index in [2.05, 4.69) is 10.6 Å². The Bertz CT molecular complexity index is 849. The second-order valence-corrected chi connectivity index (χ2v) is 6.81. The predicted octanol–water partition coefficient (Wildman–Crippen LogP) is 4.51. The maximum absolute atomic E-state index is 12.8. The van der Waals surface area contributed by atoms with Crippen molar-refractivity contribution in [3.8, 4) is 5.75 Å². The Morgan fingerprint density at radius 3 is 2.11 bits per heavy atom. The summed E-state index contributed by atoms with van der Waals surface area (Å²) in [5.41, 5.74) is 1.30. The molecule has 0 spiro atoms. The zero-order chi connectivity index (χ0) is 19.2. The lowest BCUT2D eigenvalue weighted by atomic mass is 9.81. The zero-order valence-electron chi connectivity index (χ0n) is 14.9. The third-order valence-electron chi connectivity index (χ3n) is 4.55. The highest BCUT2D eigenvalue weighted by Gasteiger charge is 2.34. The van der Waals surface area contributed by atoms with Crippen molar-refractivity contribution < 1.29 is 14.3 Å². The summed E-state index contributed by atoms with van der Waals surface area (Å²) in [6.07, 6.45) is 4.94. The van der Waals surface area contributed by atoms with Gasteiger partial charge in [-0.05, 0) is 49.2 Å². The number of nitrogens with one attached hydrogen (secondary N) is 2. The Balaban J connectivity index is 1.70. The minimum Gasteiger partial charge on any atom is -0.497 e. The minimum atomic E-state index is -0.437. The van der Waals surface area contributed by atoms with Gasteiger partial charge in [-0.3, -0.25) is 9.59 Å². The first kappa shape index (κ1) is 19.0. The number of ether oxygens (including phenoxy) is 1. The number of hydrogen-bond donors (Lipinski definition) is 2. The third-order valence-corrected chi connectivity index (χ3v) is 4.81. The molecule has 5 nitrogen and oxygen atoms in total. The van der Waals surface area contributed by atoms with Gasteiger partial charge in [0.1, 0.15) is 5.75 Å². The van der Waals surface area contributed by atoms with E-state index in [1.54, 1.807) is 55.6 Å². The summed E-state index contributed by atoms with van der Waals surface area (Å²) >= 11 is 5.88. The van der Waals surface area contributed by atoms with Crippen LogP contribution in [0.15, 0.2) is 60.7 Å². The molecule has 2 N–H and O–H groups in total.